The summed E-state index contributed by atoms with van der Waals surface area (Å²) < 4.78 is 15.3. The molecule has 0 unspecified atom stereocenters. The van der Waals surface area contributed by atoms with Crippen LogP contribution in [0.1, 0.15) is 11.1 Å². The summed E-state index contributed by atoms with van der Waals surface area (Å²) >= 11 is 6.34. The van der Waals surface area contributed by atoms with Gasteiger partial charge in [-0.05, 0) is 23.8 Å². The van der Waals surface area contributed by atoms with Crippen molar-refractivity contribution < 1.29 is 9.50 Å². The smallest absolute Gasteiger partial charge is 0.123 e. The van der Waals surface area contributed by atoms with Gasteiger partial charge >= 0.3 is 0 Å². The molecule has 0 radical (unpaired) electrons. The molecular weight excluding hydrogens is 277 g/mol. The Hall–Kier alpha value is -1.84. The zero-order valence-corrected chi connectivity index (χ0v) is 11.4. The second-order valence-electron chi connectivity index (χ2n) is 4.66. The first-order valence-corrected chi connectivity index (χ1v) is 6.69. The molecular formula is C16H13ClFNO. The van der Waals surface area contributed by atoms with Crippen molar-refractivity contribution in [2.75, 3.05) is 0 Å². The van der Waals surface area contributed by atoms with Crippen LogP contribution in [0.15, 0.2) is 48.5 Å². The van der Waals surface area contributed by atoms with Gasteiger partial charge in [0.2, 0.25) is 0 Å². The van der Waals surface area contributed by atoms with Crippen molar-refractivity contribution in [3.05, 3.63) is 70.6 Å². The molecule has 0 saturated heterocycles. The molecule has 0 amide bonds. The fourth-order valence-electron chi connectivity index (χ4n) is 2.44. The third kappa shape index (κ3) is 2.19. The number of hydrogen-bond donors (Lipinski definition) is 1. The Labute approximate surface area is 121 Å². The van der Waals surface area contributed by atoms with Crippen molar-refractivity contribution in [2.24, 2.45) is 0 Å². The summed E-state index contributed by atoms with van der Waals surface area (Å²) in [7, 11) is 0. The van der Waals surface area contributed by atoms with Gasteiger partial charge in [-0.3, -0.25) is 0 Å². The van der Waals surface area contributed by atoms with Gasteiger partial charge in [0.25, 0.3) is 0 Å². The summed E-state index contributed by atoms with van der Waals surface area (Å²) in [6, 6.07) is 14.4. The summed E-state index contributed by atoms with van der Waals surface area (Å²) in [5.41, 5.74) is 2.49. The molecule has 20 heavy (non-hydrogen) atoms. The lowest BCUT2D eigenvalue weighted by Gasteiger charge is -2.07. The second kappa shape index (κ2) is 5.27. The minimum Gasteiger partial charge on any atom is -0.392 e. The highest BCUT2D eigenvalue weighted by molar-refractivity contribution is 6.32. The Kier molecular flexibility index (Phi) is 3.47. The highest BCUT2D eigenvalue weighted by Gasteiger charge is 2.15. The minimum atomic E-state index is -0.333. The Balaban J connectivity index is 2.17. The van der Waals surface area contributed by atoms with Crippen molar-refractivity contribution >= 4 is 22.5 Å². The summed E-state index contributed by atoms with van der Waals surface area (Å²) in [5, 5.41) is 10.6. The van der Waals surface area contributed by atoms with Crippen LogP contribution in [0.3, 0.4) is 0 Å². The first kappa shape index (κ1) is 13.2. The van der Waals surface area contributed by atoms with Gasteiger partial charge in [0.1, 0.15) is 11.0 Å². The van der Waals surface area contributed by atoms with Crippen molar-refractivity contribution in [2.45, 2.75) is 13.2 Å². The maximum absolute atomic E-state index is 13.4. The Morgan fingerprint density at radius 3 is 2.55 bits per heavy atom. The maximum Gasteiger partial charge on any atom is 0.123 e. The van der Waals surface area contributed by atoms with Gasteiger partial charge in [-0.25, -0.2) is 4.39 Å². The van der Waals surface area contributed by atoms with E-state index < -0.39 is 0 Å². The molecule has 3 rings (SSSR count). The monoisotopic (exact) mass is 289 g/mol. The summed E-state index contributed by atoms with van der Waals surface area (Å²) in [5.74, 6) is -0.333. The Morgan fingerprint density at radius 1 is 1.10 bits per heavy atom. The van der Waals surface area contributed by atoms with Crippen LogP contribution in [0, 0.1) is 5.82 Å². The molecule has 1 heterocycles. The van der Waals surface area contributed by atoms with Crippen molar-refractivity contribution in [3.8, 4) is 0 Å². The maximum atomic E-state index is 13.4. The molecule has 1 N–H and O–H groups in total. The van der Waals surface area contributed by atoms with Crippen LogP contribution < -0.4 is 0 Å². The van der Waals surface area contributed by atoms with Crippen LogP contribution >= 0.6 is 11.6 Å². The number of nitrogens with zero attached hydrogens (tertiary/aromatic N) is 1. The van der Waals surface area contributed by atoms with Gasteiger partial charge in [0, 0.05) is 17.5 Å². The van der Waals surface area contributed by atoms with Crippen LogP contribution in [0.2, 0.25) is 5.15 Å². The van der Waals surface area contributed by atoms with Crippen molar-refractivity contribution in [1.29, 1.82) is 0 Å². The Morgan fingerprint density at radius 2 is 1.85 bits per heavy atom. The summed E-state index contributed by atoms with van der Waals surface area (Å²) in [6.45, 7) is 0.377. The molecule has 2 aromatic carbocycles. The molecule has 0 aliphatic rings. The number of fused-ring (bicyclic) bond motifs is 1. The fraction of sp³-hybridized carbons (Fsp3) is 0.125. The predicted molar refractivity (Wildman–Crippen MR) is 78.4 cm³/mol. The average molecular weight is 290 g/mol. The molecule has 4 heteroatoms. The highest BCUT2D eigenvalue weighted by Crippen LogP contribution is 2.31. The quantitative estimate of drug-likeness (QED) is 0.775. The lowest BCUT2D eigenvalue weighted by atomic mass is 10.2. The zero-order chi connectivity index (χ0) is 14.1. The van der Waals surface area contributed by atoms with Gasteiger partial charge in [-0.1, -0.05) is 41.9 Å². The SMILES string of the molecule is OCc1c(Cl)n(Cc2ccccc2)c2ccc(F)cc12. The van der Waals surface area contributed by atoms with Gasteiger partial charge in [0.05, 0.1) is 12.1 Å². The number of aliphatic hydroxyl groups is 1. The molecule has 0 aliphatic carbocycles. The Bertz CT molecular complexity index is 752. The van der Waals surface area contributed by atoms with Crippen molar-refractivity contribution in [1.82, 2.24) is 4.57 Å². The van der Waals surface area contributed by atoms with E-state index >= 15 is 0 Å². The van der Waals surface area contributed by atoms with Gasteiger partial charge in [-0.15, -0.1) is 0 Å². The van der Waals surface area contributed by atoms with Crippen LogP contribution in [0.4, 0.5) is 4.39 Å². The molecule has 0 fully saturated rings. The molecule has 0 spiro atoms. The standard InChI is InChI=1S/C16H13ClFNO/c17-16-14(10-20)13-8-12(18)6-7-15(13)19(16)9-11-4-2-1-3-5-11/h1-8,20H,9-10H2. The number of aliphatic hydroxyl groups excluding tert-OH is 1. The van der Waals surface area contributed by atoms with Gasteiger partial charge in [0.15, 0.2) is 0 Å². The third-order valence-corrected chi connectivity index (χ3v) is 3.83. The molecule has 102 valence electrons. The van der Waals surface area contributed by atoms with Crippen LogP contribution in [0.25, 0.3) is 10.9 Å². The van der Waals surface area contributed by atoms with Gasteiger partial charge < -0.3 is 9.67 Å². The number of rotatable bonds is 3. The largest absolute Gasteiger partial charge is 0.392 e. The number of aromatic nitrogens is 1. The molecule has 0 saturated carbocycles. The van der Waals surface area contributed by atoms with E-state index in [-0.39, 0.29) is 12.4 Å². The molecule has 2 nitrogen and oxygen atoms in total. The normalized spacial score (nSPS) is 11.2. The summed E-state index contributed by atoms with van der Waals surface area (Å²) in [6.07, 6.45) is 0. The average Bonchev–Trinajstić information content (AvgIpc) is 2.71. The second-order valence-corrected chi connectivity index (χ2v) is 5.02. The van der Waals surface area contributed by atoms with E-state index in [4.69, 9.17) is 11.6 Å². The van der Waals surface area contributed by atoms with E-state index in [2.05, 4.69) is 0 Å². The van der Waals surface area contributed by atoms with E-state index in [9.17, 15) is 9.50 Å². The van der Waals surface area contributed by atoms with E-state index in [1.807, 2.05) is 34.9 Å². The minimum absolute atomic E-state index is 0.208. The third-order valence-electron chi connectivity index (χ3n) is 3.40. The first-order valence-electron chi connectivity index (χ1n) is 6.31. The van der Waals surface area contributed by atoms with Crippen molar-refractivity contribution in [3.63, 3.8) is 0 Å². The molecule has 0 bridgehead atoms. The van der Waals surface area contributed by atoms with E-state index in [1.54, 1.807) is 6.07 Å². The topological polar surface area (TPSA) is 25.2 Å². The fourth-order valence-corrected chi connectivity index (χ4v) is 2.75. The lowest BCUT2D eigenvalue weighted by molar-refractivity contribution is 0.283. The zero-order valence-electron chi connectivity index (χ0n) is 10.7. The van der Waals surface area contributed by atoms with Crippen LogP contribution in [-0.2, 0) is 13.2 Å². The van der Waals surface area contributed by atoms with Gasteiger partial charge in [-0.2, -0.15) is 0 Å². The highest BCUT2D eigenvalue weighted by atomic mass is 35.5. The first-order chi connectivity index (χ1) is 9.70. The van der Waals surface area contributed by atoms with Crippen LogP contribution in [-0.4, -0.2) is 9.67 Å². The number of halogens is 2. The summed E-state index contributed by atoms with van der Waals surface area (Å²) in [4.78, 5) is 0. The van der Waals surface area contributed by atoms with E-state index in [1.165, 1.54) is 12.1 Å². The van der Waals surface area contributed by atoms with E-state index in [0.29, 0.717) is 22.6 Å². The molecule has 0 aliphatic heterocycles. The van der Waals surface area contributed by atoms with Crippen LogP contribution in [0.5, 0.6) is 0 Å². The molecule has 1 aromatic heterocycles. The lowest BCUT2D eigenvalue weighted by Crippen LogP contribution is -1.99. The predicted octanol–water partition coefficient (Wildman–Crippen LogP) is 3.97. The molecule has 0 atom stereocenters. The number of hydrogen-bond acceptors (Lipinski definition) is 1. The van der Waals surface area contributed by atoms with E-state index in [0.717, 1.165) is 11.1 Å². The number of benzene rings is 2. The molecule has 3 aromatic rings.